The number of nitrogens with one attached hydrogen (secondary N) is 1. The van der Waals surface area contributed by atoms with Crippen LogP contribution in [-0.4, -0.2) is 16.1 Å². The molecule has 0 aliphatic rings. The van der Waals surface area contributed by atoms with Gasteiger partial charge in [0.25, 0.3) is 0 Å². The molecule has 136 valence electrons. The summed E-state index contributed by atoms with van der Waals surface area (Å²) in [6.45, 7) is 3.56. The summed E-state index contributed by atoms with van der Waals surface area (Å²) in [7, 11) is 0. The fourth-order valence-electron chi connectivity index (χ4n) is 2.03. The molecule has 1 atom stereocenters. The Morgan fingerprint density at radius 1 is 1.08 bits per heavy atom. The molecule has 3 aromatic rings. The summed E-state index contributed by atoms with van der Waals surface area (Å²) in [5, 5.41) is 8.18. The zero-order valence-corrected chi connectivity index (χ0v) is 14.8. The third kappa shape index (κ3) is 5.77. The van der Waals surface area contributed by atoms with Crippen LogP contribution in [0.4, 0.5) is 4.39 Å². The summed E-state index contributed by atoms with van der Waals surface area (Å²) < 4.78 is 18.4. The van der Waals surface area contributed by atoms with Crippen molar-refractivity contribution in [3.8, 4) is 22.8 Å². The van der Waals surface area contributed by atoms with E-state index in [1.807, 2.05) is 49.5 Å². The molecule has 0 saturated heterocycles. The van der Waals surface area contributed by atoms with E-state index >= 15 is 0 Å². The van der Waals surface area contributed by atoms with Gasteiger partial charge in [0.2, 0.25) is 0 Å². The van der Waals surface area contributed by atoms with Crippen LogP contribution in [0.5, 0.6) is 11.5 Å². The molecule has 5 heteroatoms. The molecular weight excluding hydrogens is 333 g/mol. The number of aliphatic carboxylic acids is 1. The lowest BCUT2D eigenvalue weighted by Gasteiger charge is -2.06. The second-order valence-electron chi connectivity index (χ2n) is 5.81. The van der Waals surface area contributed by atoms with Gasteiger partial charge in [0.1, 0.15) is 17.3 Å². The van der Waals surface area contributed by atoms with Crippen molar-refractivity contribution in [1.82, 2.24) is 4.98 Å². The average molecular weight is 355 g/mol. The van der Waals surface area contributed by atoms with Crippen molar-refractivity contribution in [3.63, 3.8) is 0 Å². The molecule has 0 spiro atoms. The number of hydrogen-bond acceptors (Lipinski definition) is 2. The summed E-state index contributed by atoms with van der Waals surface area (Å²) in [5.74, 6) is 0.188. The van der Waals surface area contributed by atoms with E-state index in [4.69, 9.17) is 9.84 Å². The Balaban J connectivity index is 0.000000298. The second kappa shape index (κ2) is 9.42. The highest BCUT2D eigenvalue weighted by Crippen LogP contribution is 2.25. The van der Waals surface area contributed by atoms with Gasteiger partial charge in [-0.2, -0.15) is 0 Å². The van der Waals surface area contributed by atoms with Crippen LogP contribution in [-0.2, 0) is 4.79 Å². The number of aromatic amines is 1. The quantitative estimate of drug-likeness (QED) is 0.614. The summed E-state index contributed by atoms with van der Waals surface area (Å²) >= 11 is 0. The Bertz CT molecular complexity index is 796. The summed E-state index contributed by atoms with van der Waals surface area (Å²) in [6.07, 6.45) is 2.60. The van der Waals surface area contributed by atoms with E-state index in [-0.39, 0.29) is 11.7 Å². The van der Waals surface area contributed by atoms with Gasteiger partial charge in [0, 0.05) is 11.9 Å². The highest BCUT2D eigenvalue weighted by Gasteiger charge is 2.05. The molecule has 0 aliphatic heterocycles. The van der Waals surface area contributed by atoms with Crippen molar-refractivity contribution in [2.45, 2.75) is 20.3 Å². The lowest BCUT2D eigenvalue weighted by Crippen LogP contribution is -2.06. The predicted molar refractivity (Wildman–Crippen MR) is 99.8 cm³/mol. The number of carboxylic acid groups (broad SMARTS) is 1. The Morgan fingerprint density at radius 3 is 2.08 bits per heavy atom. The molecule has 2 N–H and O–H groups in total. The molecule has 0 aliphatic carbocycles. The van der Waals surface area contributed by atoms with Crippen molar-refractivity contribution in [1.29, 1.82) is 0 Å². The molecular formula is C21H22FNO3. The number of aromatic nitrogens is 1. The van der Waals surface area contributed by atoms with E-state index < -0.39 is 5.97 Å². The molecule has 0 bridgehead atoms. The van der Waals surface area contributed by atoms with Gasteiger partial charge in [-0.15, -0.1) is 0 Å². The smallest absolute Gasteiger partial charge is 0.306 e. The minimum Gasteiger partial charge on any atom is -0.481 e. The molecule has 0 fully saturated rings. The standard InChI is InChI=1S/C16H12FNO.C5H10O2/c17-13-5-9-15(10-6-13)19-14-7-3-12(4-8-14)16-2-1-11-18-16;1-3-4(2)5(6)7/h1-11,18H;4H,3H2,1-2H3,(H,6,7). The van der Waals surface area contributed by atoms with Gasteiger partial charge in [-0.3, -0.25) is 4.79 Å². The van der Waals surface area contributed by atoms with Crippen molar-refractivity contribution in [2.24, 2.45) is 5.92 Å². The normalized spacial score (nSPS) is 11.2. The predicted octanol–water partition coefficient (Wildman–Crippen LogP) is 5.73. The first-order chi connectivity index (χ1) is 12.5. The Labute approximate surface area is 152 Å². The topological polar surface area (TPSA) is 62.3 Å². The van der Waals surface area contributed by atoms with Crippen LogP contribution in [0.25, 0.3) is 11.3 Å². The van der Waals surface area contributed by atoms with Crippen molar-refractivity contribution in [3.05, 3.63) is 72.7 Å². The zero-order valence-electron chi connectivity index (χ0n) is 14.8. The summed E-state index contributed by atoms with van der Waals surface area (Å²) in [6, 6.07) is 17.7. The number of hydrogen-bond donors (Lipinski definition) is 2. The van der Waals surface area contributed by atoms with Gasteiger partial charge >= 0.3 is 5.97 Å². The second-order valence-corrected chi connectivity index (χ2v) is 5.81. The molecule has 1 heterocycles. The summed E-state index contributed by atoms with van der Waals surface area (Å²) in [5.41, 5.74) is 2.16. The van der Waals surface area contributed by atoms with Gasteiger partial charge in [-0.25, -0.2) is 4.39 Å². The molecule has 3 rings (SSSR count). The highest BCUT2D eigenvalue weighted by atomic mass is 19.1. The lowest BCUT2D eigenvalue weighted by molar-refractivity contribution is -0.141. The largest absolute Gasteiger partial charge is 0.481 e. The zero-order chi connectivity index (χ0) is 18.9. The minimum atomic E-state index is -0.706. The molecule has 0 saturated carbocycles. The third-order valence-corrected chi connectivity index (χ3v) is 3.85. The number of halogens is 1. The molecule has 0 radical (unpaired) electrons. The first-order valence-electron chi connectivity index (χ1n) is 8.39. The summed E-state index contributed by atoms with van der Waals surface area (Å²) in [4.78, 5) is 13.1. The average Bonchev–Trinajstić information content (AvgIpc) is 3.19. The number of benzene rings is 2. The number of carboxylic acids is 1. The van der Waals surface area contributed by atoms with Crippen LogP contribution in [0.15, 0.2) is 66.9 Å². The molecule has 1 unspecified atom stereocenters. The van der Waals surface area contributed by atoms with Crippen molar-refractivity contribution < 1.29 is 19.0 Å². The van der Waals surface area contributed by atoms with E-state index in [1.165, 1.54) is 12.1 Å². The minimum absolute atomic E-state index is 0.181. The van der Waals surface area contributed by atoms with Gasteiger partial charge in [0.15, 0.2) is 0 Å². The molecule has 0 amide bonds. The van der Waals surface area contributed by atoms with Crippen LogP contribution >= 0.6 is 0 Å². The molecule has 1 aromatic heterocycles. The van der Waals surface area contributed by atoms with E-state index in [1.54, 1.807) is 19.1 Å². The van der Waals surface area contributed by atoms with Gasteiger partial charge in [0.05, 0.1) is 5.92 Å². The van der Waals surface area contributed by atoms with Crippen LogP contribution < -0.4 is 4.74 Å². The number of ether oxygens (including phenoxy) is 1. The van der Waals surface area contributed by atoms with Crippen LogP contribution in [0, 0.1) is 11.7 Å². The molecule has 2 aromatic carbocycles. The SMILES string of the molecule is CCC(C)C(=O)O.Fc1ccc(Oc2ccc(-c3ccc[nH]3)cc2)cc1. The molecule has 26 heavy (non-hydrogen) atoms. The maximum Gasteiger partial charge on any atom is 0.306 e. The van der Waals surface area contributed by atoms with Crippen LogP contribution in [0.2, 0.25) is 0 Å². The van der Waals surface area contributed by atoms with Crippen molar-refractivity contribution >= 4 is 5.97 Å². The highest BCUT2D eigenvalue weighted by molar-refractivity contribution is 5.69. The monoisotopic (exact) mass is 355 g/mol. The first-order valence-corrected chi connectivity index (χ1v) is 8.39. The number of rotatable bonds is 5. The van der Waals surface area contributed by atoms with Crippen LogP contribution in [0.1, 0.15) is 20.3 Å². The van der Waals surface area contributed by atoms with Gasteiger partial charge in [-0.05, 0) is 72.6 Å². The van der Waals surface area contributed by atoms with E-state index in [9.17, 15) is 9.18 Å². The Morgan fingerprint density at radius 2 is 1.65 bits per heavy atom. The maximum absolute atomic E-state index is 12.8. The fraction of sp³-hybridized carbons (Fsp3) is 0.190. The van der Waals surface area contributed by atoms with Crippen LogP contribution in [0.3, 0.4) is 0 Å². The lowest BCUT2D eigenvalue weighted by atomic mass is 10.1. The number of H-pyrrole nitrogens is 1. The fourth-order valence-corrected chi connectivity index (χ4v) is 2.03. The number of carbonyl (C=O) groups is 1. The first kappa shape index (κ1) is 19.2. The Hall–Kier alpha value is -3.08. The van der Waals surface area contributed by atoms with E-state index in [2.05, 4.69) is 4.98 Å². The Kier molecular flexibility index (Phi) is 6.97. The molecule has 4 nitrogen and oxygen atoms in total. The van der Waals surface area contributed by atoms with Gasteiger partial charge in [-0.1, -0.05) is 13.8 Å². The van der Waals surface area contributed by atoms with Crippen molar-refractivity contribution in [2.75, 3.05) is 0 Å². The van der Waals surface area contributed by atoms with E-state index in [0.717, 1.165) is 23.4 Å². The maximum atomic E-state index is 12.8. The van der Waals surface area contributed by atoms with E-state index in [0.29, 0.717) is 5.75 Å². The van der Waals surface area contributed by atoms with Gasteiger partial charge < -0.3 is 14.8 Å². The third-order valence-electron chi connectivity index (χ3n) is 3.85.